The number of amides is 3. The number of alkyl carbamates (subject to hydrolysis) is 1. The van der Waals surface area contributed by atoms with Crippen molar-refractivity contribution in [2.45, 2.75) is 99.3 Å². The molecule has 0 saturated carbocycles. The minimum absolute atomic E-state index is 0.107. The fourth-order valence-electron chi connectivity index (χ4n) is 4.54. The third kappa shape index (κ3) is 9.26. The fourth-order valence-corrected chi connectivity index (χ4v) is 4.81. The zero-order valence-corrected chi connectivity index (χ0v) is 26.2. The predicted octanol–water partition coefficient (Wildman–Crippen LogP) is 7.51. The lowest BCUT2D eigenvalue weighted by Gasteiger charge is -2.36. The number of carbonyl (C=O) groups is 3. The molecule has 2 unspecified atom stereocenters. The molecule has 0 aromatic heterocycles. The van der Waals surface area contributed by atoms with E-state index in [1.807, 2.05) is 71.9 Å². The molecule has 2 rings (SSSR count). The molecule has 0 aliphatic rings. The Bertz CT molecular complexity index is 1170. The van der Waals surface area contributed by atoms with Gasteiger partial charge in [0.15, 0.2) is 0 Å². The van der Waals surface area contributed by atoms with Crippen LogP contribution in [0.25, 0.3) is 0 Å². The van der Waals surface area contributed by atoms with Crippen LogP contribution >= 0.6 is 11.6 Å². The highest BCUT2D eigenvalue weighted by Crippen LogP contribution is 2.32. The van der Waals surface area contributed by atoms with Crippen LogP contribution < -0.4 is 10.6 Å². The average Bonchev–Trinajstić information content (AvgIpc) is 2.84. The van der Waals surface area contributed by atoms with Crippen molar-refractivity contribution in [2.24, 2.45) is 5.92 Å². The molecule has 8 heteroatoms. The summed E-state index contributed by atoms with van der Waals surface area (Å²) in [5, 5.41) is 6.23. The molecule has 0 aliphatic carbocycles. The Morgan fingerprint density at radius 1 is 1.00 bits per heavy atom. The number of para-hydroxylation sites is 1. The van der Waals surface area contributed by atoms with E-state index in [1.165, 1.54) is 0 Å². The molecule has 0 spiro atoms. The van der Waals surface area contributed by atoms with Crippen molar-refractivity contribution < 1.29 is 19.1 Å². The van der Waals surface area contributed by atoms with Crippen LogP contribution in [0.15, 0.2) is 36.4 Å². The average molecular weight is 572 g/mol. The normalized spacial score (nSPS) is 13.0. The van der Waals surface area contributed by atoms with Crippen molar-refractivity contribution in [2.75, 3.05) is 11.9 Å². The van der Waals surface area contributed by atoms with E-state index in [9.17, 15) is 14.4 Å². The van der Waals surface area contributed by atoms with Crippen molar-refractivity contribution in [1.29, 1.82) is 0 Å². The van der Waals surface area contributed by atoms with Gasteiger partial charge in [-0.25, -0.2) is 4.79 Å². The van der Waals surface area contributed by atoms with E-state index < -0.39 is 23.8 Å². The highest BCUT2D eigenvalue weighted by Gasteiger charge is 2.37. The van der Waals surface area contributed by atoms with Crippen LogP contribution in [0.2, 0.25) is 5.02 Å². The van der Waals surface area contributed by atoms with E-state index in [0.717, 1.165) is 28.7 Å². The first-order chi connectivity index (χ1) is 18.7. The molecule has 40 heavy (non-hydrogen) atoms. The van der Waals surface area contributed by atoms with E-state index >= 15 is 0 Å². The second-order valence-corrected chi connectivity index (χ2v) is 12.2. The molecule has 0 fully saturated rings. The second kappa shape index (κ2) is 14.5. The number of benzene rings is 2. The summed E-state index contributed by atoms with van der Waals surface area (Å²) in [5.41, 5.74) is 3.28. The lowest BCUT2D eigenvalue weighted by molar-refractivity contribution is -0.141. The van der Waals surface area contributed by atoms with Crippen LogP contribution in [0.1, 0.15) is 89.1 Å². The Labute approximate surface area is 245 Å². The first kappa shape index (κ1) is 33.1. The number of halogens is 1. The van der Waals surface area contributed by atoms with Gasteiger partial charge in [-0.15, -0.1) is 0 Å². The monoisotopic (exact) mass is 571 g/mol. The molecule has 0 saturated heterocycles. The van der Waals surface area contributed by atoms with Gasteiger partial charge in [-0.1, -0.05) is 69.1 Å². The maximum atomic E-state index is 14.3. The molecule has 7 nitrogen and oxygen atoms in total. The van der Waals surface area contributed by atoms with Gasteiger partial charge in [0.25, 0.3) is 5.91 Å². The molecule has 2 N–H and O–H groups in total. The number of nitrogens with zero attached hydrogens (tertiary/aromatic N) is 1. The number of ether oxygens (including phenoxy) is 1. The van der Waals surface area contributed by atoms with Crippen LogP contribution in [0, 0.1) is 26.7 Å². The summed E-state index contributed by atoms with van der Waals surface area (Å²) in [4.78, 5) is 42.9. The number of nitrogens with one attached hydrogen (secondary N) is 2. The summed E-state index contributed by atoms with van der Waals surface area (Å²) in [5.74, 6) is -0.587. The molecule has 2 atom stereocenters. The number of rotatable bonds is 11. The van der Waals surface area contributed by atoms with E-state index in [1.54, 1.807) is 31.7 Å². The van der Waals surface area contributed by atoms with Gasteiger partial charge in [-0.05, 0) is 88.6 Å². The highest BCUT2D eigenvalue weighted by atomic mass is 35.5. The molecule has 0 heterocycles. The van der Waals surface area contributed by atoms with E-state index in [0.29, 0.717) is 30.1 Å². The lowest BCUT2D eigenvalue weighted by Crippen LogP contribution is -2.53. The van der Waals surface area contributed by atoms with Gasteiger partial charge in [0.2, 0.25) is 5.91 Å². The lowest BCUT2D eigenvalue weighted by atomic mass is 9.94. The summed E-state index contributed by atoms with van der Waals surface area (Å²) < 4.78 is 5.48. The van der Waals surface area contributed by atoms with Crippen LogP contribution in [-0.2, 0) is 14.3 Å². The van der Waals surface area contributed by atoms with Crippen molar-refractivity contribution in [3.8, 4) is 0 Å². The molecule has 2 aromatic carbocycles. The topological polar surface area (TPSA) is 87.7 Å². The zero-order valence-electron chi connectivity index (χ0n) is 25.5. The van der Waals surface area contributed by atoms with Gasteiger partial charge in [0, 0.05) is 6.54 Å². The van der Waals surface area contributed by atoms with E-state index in [-0.39, 0.29) is 17.7 Å². The van der Waals surface area contributed by atoms with Gasteiger partial charge in [0.05, 0.1) is 10.7 Å². The van der Waals surface area contributed by atoms with Gasteiger partial charge in [-0.3, -0.25) is 9.59 Å². The zero-order chi connectivity index (χ0) is 30.2. The van der Waals surface area contributed by atoms with Crippen LogP contribution in [0.3, 0.4) is 0 Å². The van der Waals surface area contributed by atoms with Gasteiger partial charge in [0.1, 0.15) is 17.7 Å². The molecular weight excluding hydrogens is 526 g/mol. The Hall–Kier alpha value is -3.06. The van der Waals surface area contributed by atoms with Gasteiger partial charge >= 0.3 is 6.09 Å². The second-order valence-electron chi connectivity index (χ2n) is 11.8. The third-order valence-corrected chi connectivity index (χ3v) is 7.02. The predicted molar refractivity (Wildman–Crippen MR) is 163 cm³/mol. The minimum atomic E-state index is -0.940. The maximum absolute atomic E-state index is 14.3. The molecular formula is C32H46ClN3O4. The quantitative estimate of drug-likeness (QED) is 0.292. The molecule has 0 radical (unpaired) electrons. The number of unbranched alkanes of at least 4 members (excludes halogenated alkanes) is 1. The number of carbonyl (C=O) groups excluding carboxylic acids is 3. The van der Waals surface area contributed by atoms with Crippen molar-refractivity contribution in [3.63, 3.8) is 0 Å². The molecule has 2 aromatic rings. The number of hydrogen-bond donors (Lipinski definition) is 2. The van der Waals surface area contributed by atoms with Crippen molar-refractivity contribution in [3.05, 3.63) is 63.7 Å². The molecule has 3 amide bonds. The van der Waals surface area contributed by atoms with Crippen LogP contribution in [0.4, 0.5) is 10.5 Å². The first-order valence-electron chi connectivity index (χ1n) is 14.1. The number of aryl methyl sites for hydroxylation is 2. The summed E-state index contributed by atoms with van der Waals surface area (Å²) in [6.45, 7) is 17.5. The van der Waals surface area contributed by atoms with Gasteiger partial charge in [-0.2, -0.15) is 0 Å². The van der Waals surface area contributed by atoms with Crippen molar-refractivity contribution >= 4 is 35.2 Å². The summed E-state index contributed by atoms with van der Waals surface area (Å²) in [6.07, 6.45) is 1.24. The maximum Gasteiger partial charge on any atom is 0.408 e. The summed E-state index contributed by atoms with van der Waals surface area (Å²) >= 11 is 6.47. The fraction of sp³-hybridized carbons (Fsp3) is 0.531. The number of hydrogen-bond acceptors (Lipinski definition) is 4. The molecule has 220 valence electrons. The molecule has 0 aliphatic heterocycles. The first-order valence-corrected chi connectivity index (χ1v) is 14.5. The minimum Gasteiger partial charge on any atom is -0.444 e. The van der Waals surface area contributed by atoms with Crippen LogP contribution in [-0.4, -0.2) is 41.0 Å². The van der Waals surface area contributed by atoms with Crippen LogP contribution in [0.5, 0.6) is 0 Å². The number of anilines is 1. The SMILES string of the molecule is CCCCN(C(=O)C(CC(C)C)NC(=O)OC(C)(C)C)C(C(=O)Nc1c(C)cccc1Cl)c1cccc(C)c1C. The standard InChI is InChI=1S/C32H46ClN3O4/c1-10-11-18-36(30(38)26(19-20(2)3)34-31(39)40-32(7,8)9)28(24-16-12-14-21(4)23(24)6)29(37)35-27-22(5)15-13-17-25(27)33/h12-17,20,26,28H,10-11,18-19H2,1-9H3,(H,34,39)(H,35,37). The summed E-state index contributed by atoms with van der Waals surface area (Å²) in [7, 11) is 0. The Balaban J connectivity index is 2.63. The Kier molecular flexibility index (Phi) is 12.0. The highest BCUT2D eigenvalue weighted by molar-refractivity contribution is 6.34. The third-order valence-electron chi connectivity index (χ3n) is 6.70. The van der Waals surface area contributed by atoms with E-state index in [4.69, 9.17) is 16.3 Å². The molecule has 0 bridgehead atoms. The van der Waals surface area contributed by atoms with E-state index in [2.05, 4.69) is 10.6 Å². The van der Waals surface area contributed by atoms with Gasteiger partial charge < -0.3 is 20.3 Å². The van der Waals surface area contributed by atoms with Crippen molar-refractivity contribution in [1.82, 2.24) is 10.2 Å². The summed E-state index contributed by atoms with van der Waals surface area (Å²) in [6, 6.07) is 9.38. The smallest absolute Gasteiger partial charge is 0.408 e. The largest absolute Gasteiger partial charge is 0.444 e. The Morgan fingerprint density at radius 3 is 2.20 bits per heavy atom. The Morgan fingerprint density at radius 2 is 1.62 bits per heavy atom.